The summed E-state index contributed by atoms with van der Waals surface area (Å²) >= 11 is 2.89. The van der Waals surface area contributed by atoms with Crippen LogP contribution in [0.15, 0.2) is 53.4 Å². The summed E-state index contributed by atoms with van der Waals surface area (Å²) in [6.07, 6.45) is 6.24. The number of aryl methyl sites for hydroxylation is 2. The van der Waals surface area contributed by atoms with Gasteiger partial charge in [0, 0.05) is 21.0 Å². The molecule has 2 N–H and O–H groups in total. The van der Waals surface area contributed by atoms with Crippen molar-refractivity contribution in [3.8, 4) is 0 Å². The Balaban J connectivity index is 1.41. The third-order valence-corrected chi connectivity index (χ3v) is 8.38. The van der Waals surface area contributed by atoms with Gasteiger partial charge in [-0.2, -0.15) is 0 Å². The minimum Gasteiger partial charge on any atom is -0.462 e. The third-order valence-electron chi connectivity index (χ3n) is 6.18. The lowest BCUT2D eigenvalue weighted by Crippen LogP contribution is -2.17. The highest BCUT2D eigenvalue weighted by Crippen LogP contribution is 2.38. The van der Waals surface area contributed by atoms with E-state index in [4.69, 9.17) is 4.74 Å². The van der Waals surface area contributed by atoms with E-state index in [1.54, 1.807) is 19.1 Å². The van der Waals surface area contributed by atoms with Gasteiger partial charge in [-0.15, -0.1) is 23.1 Å². The third kappa shape index (κ3) is 7.23. The highest BCUT2D eigenvalue weighted by molar-refractivity contribution is 8.00. The van der Waals surface area contributed by atoms with Gasteiger partial charge in [-0.05, 0) is 75.4 Å². The number of nitrogens with one attached hydrogen (secondary N) is 2. The van der Waals surface area contributed by atoms with Gasteiger partial charge < -0.3 is 15.4 Å². The second-order valence-corrected chi connectivity index (χ2v) is 11.2. The average molecular weight is 537 g/mol. The van der Waals surface area contributed by atoms with E-state index in [1.165, 1.54) is 34.4 Å². The van der Waals surface area contributed by atoms with Gasteiger partial charge in [0.2, 0.25) is 5.91 Å². The van der Waals surface area contributed by atoms with Crippen molar-refractivity contribution in [1.82, 2.24) is 0 Å². The lowest BCUT2D eigenvalue weighted by molar-refractivity contribution is -0.113. The van der Waals surface area contributed by atoms with Crippen molar-refractivity contribution >= 4 is 51.6 Å². The molecule has 1 heterocycles. The Hall–Kier alpha value is -3.10. The van der Waals surface area contributed by atoms with Crippen LogP contribution in [0.3, 0.4) is 0 Å². The Morgan fingerprint density at radius 3 is 2.49 bits per heavy atom. The topological polar surface area (TPSA) is 84.5 Å². The second-order valence-electron chi connectivity index (χ2n) is 9.03. The molecule has 3 aromatic rings. The fraction of sp³-hybridized carbons (Fsp3) is 0.345. The number of carbonyl (C=O) groups excluding carboxylic acids is 3. The van der Waals surface area contributed by atoms with Crippen molar-refractivity contribution in [3.05, 3.63) is 75.7 Å². The smallest absolute Gasteiger partial charge is 0.341 e. The zero-order valence-electron chi connectivity index (χ0n) is 21.2. The number of ether oxygens (including phenoxy) is 1. The number of hydrogen-bond donors (Lipinski definition) is 2. The number of thiophene rings is 1. The van der Waals surface area contributed by atoms with E-state index >= 15 is 0 Å². The van der Waals surface area contributed by atoms with Crippen LogP contribution in [-0.4, -0.2) is 30.1 Å². The van der Waals surface area contributed by atoms with Crippen molar-refractivity contribution < 1.29 is 19.1 Å². The lowest BCUT2D eigenvalue weighted by Gasteiger charge is -2.11. The number of benzene rings is 2. The Kier molecular flexibility index (Phi) is 9.41. The number of thioether (sulfide) groups is 1. The summed E-state index contributed by atoms with van der Waals surface area (Å²) < 4.78 is 5.34. The van der Waals surface area contributed by atoms with Crippen molar-refractivity contribution in [3.63, 3.8) is 0 Å². The molecular weight excluding hydrogens is 504 g/mol. The first kappa shape index (κ1) is 26.9. The van der Waals surface area contributed by atoms with Gasteiger partial charge in [-0.1, -0.05) is 36.6 Å². The van der Waals surface area contributed by atoms with E-state index in [0.29, 0.717) is 28.4 Å². The van der Waals surface area contributed by atoms with Gasteiger partial charge in [-0.25, -0.2) is 4.79 Å². The standard InChI is InChI=1S/C29H32N2O4S2/c1-3-35-29(34)26-23-11-6-4-5-7-12-24(23)37-28(26)31-25(32)18-36-22-10-8-9-21(17-22)30-27(33)20-15-13-19(2)14-16-20/h8-10,13-17H,3-7,11-12,18H2,1-2H3,(H,30,33)(H,31,32). The molecule has 2 amide bonds. The van der Waals surface area contributed by atoms with Crippen LogP contribution in [0.2, 0.25) is 0 Å². The summed E-state index contributed by atoms with van der Waals surface area (Å²) in [4.78, 5) is 40.3. The maximum atomic E-state index is 12.9. The summed E-state index contributed by atoms with van der Waals surface area (Å²) in [6.45, 7) is 4.06. The van der Waals surface area contributed by atoms with Crippen molar-refractivity contribution in [2.24, 2.45) is 0 Å². The van der Waals surface area contributed by atoms with E-state index in [9.17, 15) is 14.4 Å². The quantitative estimate of drug-likeness (QED) is 0.242. The number of esters is 1. The second kappa shape index (κ2) is 12.9. The number of anilines is 2. The van der Waals surface area contributed by atoms with E-state index < -0.39 is 0 Å². The average Bonchev–Trinajstić information content (AvgIpc) is 3.19. The zero-order chi connectivity index (χ0) is 26.2. The summed E-state index contributed by atoms with van der Waals surface area (Å²) in [5.74, 6) is -0.542. The molecule has 0 unspecified atom stereocenters. The molecule has 194 valence electrons. The molecular formula is C29H32N2O4S2. The SMILES string of the molecule is CCOC(=O)c1c(NC(=O)CSc2cccc(NC(=O)c3ccc(C)cc3)c2)sc2c1CCCCCC2. The van der Waals surface area contributed by atoms with Gasteiger partial charge in [0.05, 0.1) is 17.9 Å². The fourth-order valence-electron chi connectivity index (χ4n) is 4.31. The highest BCUT2D eigenvalue weighted by atomic mass is 32.2. The van der Waals surface area contributed by atoms with Crippen molar-refractivity contribution in [2.75, 3.05) is 23.0 Å². The summed E-state index contributed by atoms with van der Waals surface area (Å²) in [5, 5.41) is 6.48. The molecule has 1 aromatic heterocycles. The maximum absolute atomic E-state index is 12.9. The Morgan fingerprint density at radius 1 is 0.973 bits per heavy atom. The first-order chi connectivity index (χ1) is 17.9. The van der Waals surface area contributed by atoms with Gasteiger partial charge >= 0.3 is 5.97 Å². The molecule has 0 spiro atoms. The number of hydrogen-bond acceptors (Lipinski definition) is 6. The molecule has 37 heavy (non-hydrogen) atoms. The first-order valence-corrected chi connectivity index (χ1v) is 14.5. The fourth-order valence-corrected chi connectivity index (χ4v) is 6.36. The van der Waals surface area contributed by atoms with Crippen LogP contribution in [0.4, 0.5) is 10.7 Å². The van der Waals surface area contributed by atoms with Gasteiger partial charge in [0.15, 0.2) is 0 Å². The predicted molar refractivity (Wildman–Crippen MR) is 151 cm³/mol. The molecule has 0 radical (unpaired) electrons. The molecule has 0 saturated carbocycles. The molecule has 0 saturated heterocycles. The van der Waals surface area contributed by atoms with Crippen LogP contribution in [0.5, 0.6) is 0 Å². The maximum Gasteiger partial charge on any atom is 0.341 e. The minimum absolute atomic E-state index is 0.181. The van der Waals surface area contributed by atoms with E-state index in [1.807, 2.05) is 43.3 Å². The normalized spacial score (nSPS) is 13.1. The minimum atomic E-state index is -0.361. The summed E-state index contributed by atoms with van der Waals surface area (Å²) in [6, 6.07) is 14.8. The van der Waals surface area contributed by atoms with Crippen LogP contribution in [-0.2, 0) is 22.4 Å². The molecule has 0 aliphatic heterocycles. The molecule has 1 aliphatic rings. The molecule has 1 aliphatic carbocycles. The van der Waals surface area contributed by atoms with E-state index in [2.05, 4.69) is 10.6 Å². The molecule has 6 nitrogen and oxygen atoms in total. The number of amides is 2. The van der Waals surface area contributed by atoms with Crippen LogP contribution < -0.4 is 10.6 Å². The molecule has 8 heteroatoms. The molecule has 2 aromatic carbocycles. The van der Waals surface area contributed by atoms with Crippen LogP contribution in [0.1, 0.15) is 69.3 Å². The number of rotatable bonds is 8. The molecule has 0 fully saturated rings. The van der Waals surface area contributed by atoms with E-state index in [0.717, 1.165) is 48.1 Å². The molecule has 0 bridgehead atoms. The summed E-state index contributed by atoms with van der Waals surface area (Å²) in [5.41, 5.74) is 3.92. The highest BCUT2D eigenvalue weighted by Gasteiger charge is 2.26. The zero-order valence-corrected chi connectivity index (χ0v) is 22.9. The summed E-state index contributed by atoms with van der Waals surface area (Å²) in [7, 11) is 0. The van der Waals surface area contributed by atoms with Crippen molar-refractivity contribution in [1.29, 1.82) is 0 Å². The van der Waals surface area contributed by atoms with Crippen LogP contribution >= 0.6 is 23.1 Å². The number of fused-ring (bicyclic) bond motifs is 1. The Labute approximate surface area is 226 Å². The molecule has 4 rings (SSSR count). The lowest BCUT2D eigenvalue weighted by atomic mass is 9.96. The monoisotopic (exact) mass is 536 g/mol. The van der Waals surface area contributed by atoms with Gasteiger partial charge in [0.25, 0.3) is 5.91 Å². The first-order valence-electron chi connectivity index (χ1n) is 12.7. The largest absolute Gasteiger partial charge is 0.462 e. The van der Waals surface area contributed by atoms with Gasteiger partial charge in [-0.3, -0.25) is 9.59 Å². The van der Waals surface area contributed by atoms with E-state index in [-0.39, 0.29) is 23.5 Å². The Morgan fingerprint density at radius 2 is 1.73 bits per heavy atom. The van der Waals surface area contributed by atoms with Crippen LogP contribution in [0, 0.1) is 6.92 Å². The number of carbonyl (C=O) groups is 3. The van der Waals surface area contributed by atoms with Crippen LogP contribution in [0.25, 0.3) is 0 Å². The predicted octanol–water partition coefficient (Wildman–Crippen LogP) is 6.88. The van der Waals surface area contributed by atoms with Gasteiger partial charge in [0.1, 0.15) is 5.00 Å². The molecule has 0 atom stereocenters. The van der Waals surface area contributed by atoms with Crippen molar-refractivity contribution in [2.45, 2.75) is 57.3 Å². The Bertz CT molecular complexity index is 1270.